The third kappa shape index (κ3) is 4.84. The molecule has 0 saturated heterocycles. The molecule has 0 aromatic heterocycles. The van der Waals surface area contributed by atoms with Crippen molar-refractivity contribution in [2.45, 2.75) is 105 Å². The fourth-order valence-corrected chi connectivity index (χ4v) is 6.12. The van der Waals surface area contributed by atoms with Crippen molar-refractivity contribution in [3.8, 4) is 22.3 Å². The van der Waals surface area contributed by atoms with Crippen molar-refractivity contribution in [1.82, 2.24) is 0 Å². The number of fused-ring (bicyclic) bond motifs is 6. The predicted octanol–water partition coefficient (Wildman–Crippen LogP) is 11.0. The zero-order chi connectivity index (χ0) is 25.1. The van der Waals surface area contributed by atoms with E-state index in [4.69, 9.17) is 0 Å². The molecule has 0 aliphatic heterocycles. The highest BCUT2D eigenvalue weighted by molar-refractivity contribution is 6.12. The van der Waals surface area contributed by atoms with Gasteiger partial charge in [-0.2, -0.15) is 0 Å². The Morgan fingerprint density at radius 2 is 0.556 bits per heavy atom. The minimum absolute atomic E-state index is 1.21. The Morgan fingerprint density at radius 3 is 0.750 bits per heavy atom. The summed E-state index contributed by atoms with van der Waals surface area (Å²) in [7, 11) is 0. The van der Waals surface area contributed by atoms with Crippen LogP contribution in [-0.4, -0.2) is 0 Å². The second-order valence-corrected chi connectivity index (χ2v) is 11.1. The van der Waals surface area contributed by atoms with Crippen molar-refractivity contribution in [2.75, 3.05) is 0 Å². The third-order valence-electron chi connectivity index (χ3n) is 8.37. The van der Waals surface area contributed by atoms with Crippen LogP contribution in [0, 0.1) is 0 Å². The maximum absolute atomic E-state index is 2.51. The first-order chi connectivity index (χ1) is 17.7. The van der Waals surface area contributed by atoms with Gasteiger partial charge in [0.25, 0.3) is 0 Å². The molecule has 0 amide bonds. The van der Waals surface area contributed by atoms with E-state index in [-0.39, 0.29) is 0 Å². The van der Waals surface area contributed by atoms with E-state index in [1.165, 1.54) is 121 Å². The van der Waals surface area contributed by atoms with Crippen LogP contribution < -0.4 is 0 Å². The Balaban J connectivity index is 1.56. The van der Waals surface area contributed by atoms with Gasteiger partial charge >= 0.3 is 0 Å². The summed E-state index contributed by atoms with van der Waals surface area (Å²) in [5.74, 6) is 0. The van der Waals surface area contributed by atoms with Gasteiger partial charge in [-0.15, -0.1) is 0 Å². The van der Waals surface area contributed by atoms with Gasteiger partial charge in [0, 0.05) is 0 Å². The smallest absolute Gasteiger partial charge is 0.00923 e. The van der Waals surface area contributed by atoms with Crippen LogP contribution >= 0.6 is 0 Å². The lowest BCUT2D eigenvalue weighted by molar-refractivity contribution is 0.759. The molecule has 0 nitrogen and oxygen atoms in total. The maximum atomic E-state index is 2.51. The molecule has 0 atom stereocenters. The van der Waals surface area contributed by atoms with E-state index in [0.717, 1.165) is 0 Å². The summed E-state index contributed by atoms with van der Waals surface area (Å²) in [5, 5.41) is 5.68. The fourth-order valence-electron chi connectivity index (χ4n) is 6.12. The average molecular weight is 477 g/mol. The number of hydrogen-bond acceptors (Lipinski definition) is 0. The lowest BCUT2D eigenvalue weighted by Crippen LogP contribution is -2.02. The molecule has 4 aromatic carbocycles. The minimum Gasteiger partial charge on any atom is -0.0654 e. The summed E-state index contributed by atoms with van der Waals surface area (Å²) in [5.41, 5.74) is 12.1. The Bertz CT molecular complexity index is 1140. The fraction of sp³-hybridized carbons (Fsp3) is 0.444. The molecule has 0 heteroatoms. The normalized spacial score (nSPS) is 12.1. The minimum atomic E-state index is 1.21. The van der Waals surface area contributed by atoms with Crippen LogP contribution in [0.15, 0.2) is 48.5 Å². The summed E-state index contributed by atoms with van der Waals surface area (Å²) in [4.78, 5) is 0. The van der Waals surface area contributed by atoms with Crippen LogP contribution in [0.2, 0.25) is 0 Å². The quantitative estimate of drug-likeness (QED) is 0.168. The maximum Gasteiger partial charge on any atom is -0.00923 e. The molecular weight excluding hydrogens is 432 g/mol. The van der Waals surface area contributed by atoms with E-state index in [9.17, 15) is 0 Å². The van der Waals surface area contributed by atoms with Gasteiger partial charge in [-0.25, -0.2) is 0 Å². The topological polar surface area (TPSA) is 0 Å². The molecule has 0 N–H and O–H groups in total. The Labute approximate surface area is 219 Å². The van der Waals surface area contributed by atoms with E-state index in [1.54, 1.807) is 22.3 Å². The predicted molar refractivity (Wildman–Crippen MR) is 160 cm³/mol. The molecule has 0 saturated carbocycles. The number of unbranched alkanes of at least 4 members (excludes halogenated alkanes) is 4. The molecule has 0 bridgehead atoms. The molecule has 0 fully saturated rings. The summed E-state index contributed by atoms with van der Waals surface area (Å²) < 4.78 is 0. The van der Waals surface area contributed by atoms with Crippen LogP contribution in [0.25, 0.3) is 43.8 Å². The largest absolute Gasteiger partial charge is 0.0654 e. The zero-order valence-corrected chi connectivity index (χ0v) is 23.1. The molecule has 0 spiro atoms. The lowest BCUT2D eigenvalue weighted by Gasteiger charge is -2.26. The highest BCUT2D eigenvalue weighted by Gasteiger charge is 2.24. The van der Waals surface area contributed by atoms with Gasteiger partial charge in [0.05, 0.1) is 0 Å². The SMILES string of the molecule is CCCCc1cc2cc3c(cc2cc1CCCC)-c1cc2cc(CCCC)c(CCCC)cc2cc1-3. The molecule has 5 rings (SSSR count). The summed E-state index contributed by atoms with van der Waals surface area (Å²) in [6, 6.07) is 20.0. The van der Waals surface area contributed by atoms with E-state index < -0.39 is 0 Å². The van der Waals surface area contributed by atoms with Crippen molar-refractivity contribution >= 4 is 21.5 Å². The van der Waals surface area contributed by atoms with Crippen LogP contribution in [0.3, 0.4) is 0 Å². The molecule has 188 valence electrons. The van der Waals surface area contributed by atoms with Crippen molar-refractivity contribution < 1.29 is 0 Å². The first-order valence-electron chi connectivity index (χ1n) is 14.9. The van der Waals surface area contributed by atoms with Crippen LogP contribution in [-0.2, 0) is 25.7 Å². The van der Waals surface area contributed by atoms with Crippen molar-refractivity contribution in [3.05, 3.63) is 70.8 Å². The molecule has 1 aliphatic carbocycles. The van der Waals surface area contributed by atoms with Crippen molar-refractivity contribution in [2.24, 2.45) is 0 Å². The third-order valence-corrected chi connectivity index (χ3v) is 8.37. The van der Waals surface area contributed by atoms with E-state index in [2.05, 4.69) is 76.2 Å². The average Bonchev–Trinajstić information content (AvgIpc) is 2.90. The van der Waals surface area contributed by atoms with Gasteiger partial charge in [-0.05, 0) is 142 Å². The molecule has 36 heavy (non-hydrogen) atoms. The van der Waals surface area contributed by atoms with E-state index in [0.29, 0.717) is 0 Å². The lowest BCUT2D eigenvalue weighted by atomic mass is 9.77. The van der Waals surface area contributed by atoms with Gasteiger partial charge in [0.1, 0.15) is 0 Å². The van der Waals surface area contributed by atoms with Gasteiger partial charge < -0.3 is 0 Å². The van der Waals surface area contributed by atoms with Crippen LogP contribution in [0.4, 0.5) is 0 Å². The van der Waals surface area contributed by atoms with Crippen molar-refractivity contribution in [1.29, 1.82) is 0 Å². The molecule has 0 heterocycles. The van der Waals surface area contributed by atoms with Gasteiger partial charge in [-0.1, -0.05) is 77.6 Å². The Hall–Kier alpha value is -2.60. The molecule has 4 aromatic rings. The van der Waals surface area contributed by atoms with Gasteiger partial charge in [-0.3, -0.25) is 0 Å². The van der Waals surface area contributed by atoms with E-state index in [1.807, 2.05) is 0 Å². The number of aryl methyl sites for hydroxylation is 4. The molecule has 0 radical (unpaired) electrons. The number of hydrogen-bond donors (Lipinski definition) is 0. The standard InChI is InChI=1S/C36H44/c1-5-9-13-25-17-29-21-33-34(22-30(29)18-26(25)14-10-6-2)36-24-32-20-28(16-12-8-4)27(15-11-7-3)19-31(32)23-35(33)36/h17-24H,5-16H2,1-4H3. The first-order valence-corrected chi connectivity index (χ1v) is 14.9. The molecule has 1 aliphatic rings. The van der Waals surface area contributed by atoms with Gasteiger partial charge in [0.15, 0.2) is 0 Å². The number of rotatable bonds is 12. The number of benzene rings is 4. The highest BCUT2D eigenvalue weighted by Crippen LogP contribution is 2.50. The van der Waals surface area contributed by atoms with E-state index >= 15 is 0 Å². The monoisotopic (exact) mass is 476 g/mol. The second kappa shape index (κ2) is 11.2. The van der Waals surface area contributed by atoms with Crippen LogP contribution in [0.1, 0.15) is 101 Å². The van der Waals surface area contributed by atoms with Crippen LogP contribution in [0.5, 0.6) is 0 Å². The second-order valence-electron chi connectivity index (χ2n) is 11.1. The zero-order valence-electron chi connectivity index (χ0n) is 23.1. The molecule has 0 unspecified atom stereocenters. The van der Waals surface area contributed by atoms with Gasteiger partial charge in [0.2, 0.25) is 0 Å². The molecular formula is C36H44. The Kier molecular flexibility index (Phi) is 7.80. The summed E-state index contributed by atoms with van der Waals surface area (Å²) in [6.07, 6.45) is 15.0. The van der Waals surface area contributed by atoms with Crippen molar-refractivity contribution in [3.63, 3.8) is 0 Å². The summed E-state index contributed by atoms with van der Waals surface area (Å²) >= 11 is 0. The Morgan fingerprint density at radius 1 is 0.333 bits per heavy atom. The first kappa shape index (κ1) is 25.1. The highest BCUT2D eigenvalue weighted by atomic mass is 14.3. The summed E-state index contributed by atoms with van der Waals surface area (Å²) in [6.45, 7) is 9.21.